The minimum Gasteiger partial charge on any atom is -0.325 e. The van der Waals surface area contributed by atoms with Gasteiger partial charge < -0.3 is 9.88 Å². The van der Waals surface area contributed by atoms with Gasteiger partial charge in [-0.1, -0.05) is 17.8 Å². The van der Waals surface area contributed by atoms with E-state index in [4.69, 9.17) is 5.14 Å². The SMILES string of the molecule is Cc1nnc(S[C@@H](C)C(=O)Nc2cccc(S(N)(=O)=O)c2)n1C. The molecule has 0 bridgehead atoms. The lowest BCUT2D eigenvalue weighted by Crippen LogP contribution is -2.23. The number of aryl methyl sites for hydroxylation is 1. The summed E-state index contributed by atoms with van der Waals surface area (Å²) < 4.78 is 24.4. The number of nitrogens with one attached hydrogen (secondary N) is 1. The second-order valence-corrected chi connectivity index (χ2v) is 7.78. The summed E-state index contributed by atoms with van der Waals surface area (Å²) in [6, 6.07) is 5.79. The maximum atomic E-state index is 12.2. The third-order valence-electron chi connectivity index (χ3n) is 3.13. The van der Waals surface area contributed by atoms with Crippen molar-refractivity contribution in [2.75, 3.05) is 5.32 Å². The summed E-state index contributed by atoms with van der Waals surface area (Å²) in [5.74, 6) is 0.475. The number of amides is 1. The lowest BCUT2D eigenvalue weighted by molar-refractivity contribution is -0.115. The number of hydrogen-bond acceptors (Lipinski definition) is 6. The van der Waals surface area contributed by atoms with Crippen molar-refractivity contribution in [1.29, 1.82) is 0 Å². The molecule has 124 valence electrons. The van der Waals surface area contributed by atoms with Crippen LogP contribution in [0, 0.1) is 6.92 Å². The maximum absolute atomic E-state index is 12.2. The molecule has 10 heteroatoms. The molecule has 23 heavy (non-hydrogen) atoms. The van der Waals surface area contributed by atoms with E-state index in [0.29, 0.717) is 10.8 Å². The molecule has 0 radical (unpaired) electrons. The lowest BCUT2D eigenvalue weighted by Gasteiger charge is -2.12. The van der Waals surface area contributed by atoms with Gasteiger partial charge in [-0.2, -0.15) is 0 Å². The number of sulfonamides is 1. The minimum absolute atomic E-state index is 0.0560. The molecule has 1 heterocycles. The zero-order valence-corrected chi connectivity index (χ0v) is 14.5. The Hall–Kier alpha value is -1.91. The summed E-state index contributed by atoms with van der Waals surface area (Å²) in [7, 11) is -1.99. The normalized spacial score (nSPS) is 12.9. The molecule has 2 rings (SSSR count). The summed E-state index contributed by atoms with van der Waals surface area (Å²) in [4.78, 5) is 12.2. The number of nitrogens with two attached hydrogens (primary N) is 1. The first kappa shape index (κ1) is 17.4. The van der Waals surface area contributed by atoms with Gasteiger partial charge in [-0.15, -0.1) is 10.2 Å². The Bertz CT molecular complexity index is 832. The van der Waals surface area contributed by atoms with Gasteiger partial charge in [-0.25, -0.2) is 13.6 Å². The molecule has 2 aromatic rings. The number of thioether (sulfide) groups is 1. The van der Waals surface area contributed by atoms with Crippen molar-refractivity contribution >= 4 is 33.4 Å². The highest BCUT2D eigenvalue weighted by atomic mass is 32.2. The Kier molecular flexibility index (Phi) is 5.07. The van der Waals surface area contributed by atoms with Crippen LogP contribution in [0.3, 0.4) is 0 Å². The average Bonchev–Trinajstić information content (AvgIpc) is 2.78. The van der Waals surface area contributed by atoms with Gasteiger partial charge in [-0.05, 0) is 32.0 Å². The van der Waals surface area contributed by atoms with E-state index in [1.54, 1.807) is 17.6 Å². The van der Waals surface area contributed by atoms with Crippen LogP contribution >= 0.6 is 11.8 Å². The summed E-state index contributed by atoms with van der Waals surface area (Å²) in [6.45, 7) is 3.55. The fourth-order valence-corrected chi connectivity index (χ4v) is 3.12. The van der Waals surface area contributed by atoms with Crippen LogP contribution in [0.1, 0.15) is 12.7 Å². The molecule has 0 aliphatic rings. The first-order chi connectivity index (χ1) is 10.7. The number of primary sulfonamides is 1. The molecule has 1 amide bonds. The Morgan fingerprint density at radius 3 is 2.65 bits per heavy atom. The van der Waals surface area contributed by atoms with Crippen molar-refractivity contribution in [3.63, 3.8) is 0 Å². The summed E-state index contributed by atoms with van der Waals surface area (Å²) in [5.41, 5.74) is 0.364. The number of nitrogens with zero attached hydrogens (tertiary/aromatic N) is 3. The van der Waals surface area contributed by atoms with Gasteiger partial charge in [0, 0.05) is 12.7 Å². The van der Waals surface area contributed by atoms with Gasteiger partial charge in [0.2, 0.25) is 15.9 Å². The Labute approximate surface area is 138 Å². The molecule has 8 nitrogen and oxygen atoms in total. The molecule has 0 spiro atoms. The molecule has 0 aliphatic carbocycles. The smallest absolute Gasteiger partial charge is 0.238 e. The van der Waals surface area contributed by atoms with Crippen molar-refractivity contribution in [3.8, 4) is 0 Å². The highest BCUT2D eigenvalue weighted by Crippen LogP contribution is 2.23. The Morgan fingerprint density at radius 2 is 2.09 bits per heavy atom. The standard InChI is InChI=1S/C13H17N5O3S2/c1-8(22-13-17-16-9(2)18(13)3)12(19)15-10-5-4-6-11(7-10)23(14,20)21/h4-8H,1-3H3,(H,15,19)(H2,14,20,21)/t8-/m0/s1. The molecule has 0 fully saturated rings. The van der Waals surface area contributed by atoms with E-state index in [2.05, 4.69) is 15.5 Å². The fourth-order valence-electron chi connectivity index (χ4n) is 1.70. The maximum Gasteiger partial charge on any atom is 0.238 e. The summed E-state index contributed by atoms with van der Waals surface area (Å²) >= 11 is 1.26. The Morgan fingerprint density at radius 1 is 1.39 bits per heavy atom. The van der Waals surface area contributed by atoms with E-state index in [1.165, 1.54) is 30.0 Å². The number of carbonyl (C=O) groups excluding carboxylic acids is 1. The molecular weight excluding hydrogens is 338 g/mol. The molecule has 1 aromatic carbocycles. The van der Waals surface area contributed by atoms with E-state index in [1.807, 2.05) is 14.0 Å². The van der Waals surface area contributed by atoms with Crippen molar-refractivity contribution in [1.82, 2.24) is 14.8 Å². The average molecular weight is 355 g/mol. The molecule has 0 unspecified atom stereocenters. The number of anilines is 1. The van der Waals surface area contributed by atoms with Gasteiger partial charge in [0.05, 0.1) is 10.1 Å². The van der Waals surface area contributed by atoms with Crippen LogP contribution in [0.25, 0.3) is 0 Å². The first-order valence-corrected chi connectivity index (χ1v) is 9.07. The molecule has 1 aromatic heterocycles. The van der Waals surface area contributed by atoms with E-state index in [0.717, 1.165) is 5.82 Å². The topological polar surface area (TPSA) is 120 Å². The number of benzene rings is 1. The van der Waals surface area contributed by atoms with Crippen LogP contribution in [0.4, 0.5) is 5.69 Å². The zero-order valence-electron chi connectivity index (χ0n) is 12.8. The largest absolute Gasteiger partial charge is 0.325 e. The van der Waals surface area contributed by atoms with Crippen LogP contribution in [0.15, 0.2) is 34.3 Å². The third-order valence-corrected chi connectivity index (χ3v) is 5.18. The second kappa shape index (κ2) is 6.69. The van der Waals surface area contributed by atoms with E-state index in [-0.39, 0.29) is 10.8 Å². The highest BCUT2D eigenvalue weighted by molar-refractivity contribution is 8.00. The summed E-state index contributed by atoms with van der Waals surface area (Å²) in [6.07, 6.45) is 0. The molecule has 0 aliphatic heterocycles. The number of aromatic nitrogens is 3. The quantitative estimate of drug-likeness (QED) is 0.769. The predicted octanol–water partition coefficient (Wildman–Crippen LogP) is 0.890. The molecular formula is C13H17N5O3S2. The van der Waals surface area contributed by atoms with Gasteiger partial charge in [-0.3, -0.25) is 4.79 Å². The van der Waals surface area contributed by atoms with Crippen LogP contribution in [0.5, 0.6) is 0 Å². The highest BCUT2D eigenvalue weighted by Gasteiger charge is 2.18. The van der Waals surface area contributed by atoms with Gasteiger partial charge in [0.15, 0.2) is 5.16 Å². The summed E-state index contributed by atoms with van der Waals surface area (Å²) in [5, 5.41) is 15.9. The molecule has 1 atom stereocenters. The first-order valence-electron chi connectivity index (χ1n) is 6.65. The number of rotatable bonds is 5. The fraction of sp³-hybridized carbons (Fsp3) is 0.308. The van der Waals surface area contributed by atoms with Crippen molar-refractivity contribution < 1.29 is 13.2 Å². The molecule has 3 N–H and O–H groups in total. The van der Waals surface area contributed by atoms with E-state index in [9.17, 15) is 13.2 Å². The number of carbonyl (C=O) groups is 1. The monoisotopic (exact) mass is 355 g/mol. The van der Waals surface area contributed by atoms with Crippen LogP contribution in [-0.4, -0.2) is 34.3 Å². The van der Waals surface area contributed by atoms with E-state index >= 15 is 0 Å². The predicted molar refractivity (Wildman–Crippen MR) is 87.5 cm³/mol. The van der Waals surface area contributed by atoms with Gasteiger partial charge in [0.25, 0.3) is 0 Å². The molecule has 0 saturated heterocycles. The van der Waals surface area contributed by atoms with Crippen molar-refractivity contribution in [2.24, 2.45) is 12.2 Å². The molecule has 0 saturated carbocycles. The number of hydrogen-bond donors (Lipinski definition) is 2. The van der Waals surface area contributed by atoms with E-state index < -0.39 is 15.3 Å². The van der Waals surface area contributed by atoms with Crippen molar-refractivity contribution in [3.05, 3.63) is 30.1 Å². The second-order valence-electron chi connectivity index (χ2n) is 4.91. The van der Waals surface area contributed by atoms with Gasteiger partial charge >= 0.3 is 0 Å². The van der Waals surface area contributed by atoms with Gasteiger partial charge in [0.1, 0.15) is 5.82 Å². The minimum atomic E-state index is -3.81. The van der Waals surface area contributed by atoms with Crippen LogP contribution < -0.4 is 10.5 Å². The lowest BCUT2D eigenvalue weighted by atomic mass is 10.3. The Balaban J connectivity index is 2.08. The van der Waals surface area contributed by atoms with Crippen LogP contribution in [-0.2, 0) is 21.9 Å². The zero-order chi connectivity index (χ0) is 17.2. The van der Waals surface area contributed by atoms with Crippen molar-refractivity contribution in [2.45, 2.75) is 29.1 Å². The third kappa shape index (κ3) is 4.30. The van der Waals surface area contributed by atoms with Crippen LogP contribution in [0.2, 0.25) is 0 Å².